The van der Waals surface area contributed by atoms with Crippen molar-refractivity contribution in [1.29, 1.82) is 0 Å². The zero-order chi connectivity index (χ0) is 18.6. The molecule has 4 nitrogen and oxygen atoms in total. The van der Waals surface area contributed by atoms with Gasteiger partial charge in [-0.05, 0) is 35.9 Å². The Morgan fingerprint density at radius 1 is 1.00 bits per heavy atom. The molecule has 2 aromatic rings. The van der Waals surface area contributed by atoms with Gasteiger partial charge < -0.3 is 4.90 Å². The lowest BCUT2D eigenvalue weighted by Crippen LogP contribution is -2.47. The molecule has 0 saturated carbocycles. The number of nitrogens with zero attached hydrogens (tertiary/aromatic N) is 3. The smallest absolute Gasteiger partial charge is 0.286 e. The second kappa shape index (κ2) is 8.11. The minimum absolute atomic E-state index is 0.123. The summed E-state index contributed by atoms with van der Waals surface area (Å²) in [6.45, 7) is 6.82. The van der Waals surface area contributed by atoms with Crippen LogP contribution in [0, 0.1) is 6.92 Å². The van der Waals surface area contributed by atoms with Crippen molar-refractivity contribution >= 4 is 28.9 Å². The quantitative estimate of drug-likeness (QED) is 0.763. The summed E-state index contributed by atoms with van der Waals surface area (Å²) < 4.78 is 0. The molecule has 2 aromatic carbocycles. The van der Waals surface area contributed by atoms with Crippen molar-refractivity contribution in [2.75, 3.05) is 26.2 Å². The summed E-state index contributed by atoms with van der Waals surface area (Å²) in [5, 5.41) is 0.845. The van der Waals surface area contributed by atoms with E-state index in [4.69, 9.17) is 0 Å². The molecule has 0 unspecified atom stereocenters. The molecular formula is C22H23N3OS. The number of amides is 1. The van der Waals surface area contributed by atoms with Crippen LogP contribution in [0.15, 0.2) is 64.5 Å². The molecule has 1 saturated heterocycles. The Morgan fingerprint density at radius 3 is 2.41 bits per heavy atom. The van der Waals surface area contributed by atoms with E-state index in [-0.39, 0.29) is 5.91 Å². The predicted octanol–water partition coefficient (Wildman–Crippen LogP) is 3.78. The Kier molecular flexibility index (Phi) is 5.41. The molecule has 1 fully saturated rings. The minimum atomic E-state index is -0.123. The number of benzene rings is 2. The van der Waals surface area contributed by atoms with Crippen LogP contribution >= 0.6 is 11.8 Å². The minimum Gasteiger partial charge on any atom is -0.348 e. The average molecular weight is 378 g/mol. The van der Waals surface area contributed by atoms with Gasteiger partial charge in [0.2, 0.25) is 0 Å². The molecule has 0 radical (unpaired) electrons. The van der Waals surface area contributed by atoms with E-state index in [1.54, 1.807) is 0 Å². The molecule has 0 spiro atoms. The third-order valence-corrected chi connectivity index (χ3v) is 5.92. The zero-order valence-corrected chi connectivity index (χ0v) is 16.3. The molecule has 2 aliphatic heterocycles. The maximum Gasteiger partial charge on any atom is 0.286 e. The molecule has 138 valence electrons. The van der Waals surface area contributed by atoms with Gasteiger partial charge in [-0.1, -0.05) is 60.2 Å². The molecule has 27 heavy (non-hydrogen) atoms. The van der Waals surface area contributed by atoms with Crippen molar-refractivity contribution in [2.24, 2.45) is 4.99 Å². The van der Waals surface area contributed by atoms with Crippen LogP contribution in [0.2, 0.25) is 0 Å². The second-order valence-electron chi connectivity index (χ2n) is 6.97. The monoisotopic (exact) mass is 377 g/mol. The predicted molar refractivity (Wildman–Crippen MR) is 112 cm³/mol. The lowest BCUT2D eigenvalue weighted by atomic mass is 10.1. The van der Waals surface area contributed by atoms with Crippen LogP contribution in [0.1, 0.15) is 16.7 Å². The number of hydrogen-bond donors (Lipinski definition) is 0. The van der Waals surface area contributed by atoms with Gasteiger partial charge in [0.05, 0.1) is 4.91 Å². The molecule has 0 aromatic heterocycles. The summed E-state index contributed by atoms with van der Waals surface area (Å²) in [7, 11) is 0. The first-order valence-corrected chi connectivity index (χ1v) is 10.1. The SMILES string of the molecule is Cc1ccc(/C=C2\SC(N3CCN(Cc4ccccc4)CC3)=NC2=O)cc1. The first kappa shape index (κ1) is 18.0. The molecule has 0 N–H and O–H groups in total. The van der Waals surface area contributed by atoms with E-state index >= 15 is 0 Å². The van der Waals surface area contributed by atoms with Gasteiger partial charge in [0.15, 0.2) is 5.17 Å². The Hall–Kier alpha value is -2.37. The Bertz CT molecular complexity index is 866. The van der Waals surface area contributed by atoms with Crippen molar-refractivity contribution < 1.29 is 4.79 Å². The van der Waals surface area contributed by atoms with E-state index in [0.717, 1.165) is 43.5 Å². The van der Waals surface area contributed by atoms with E-state index < -0.39 is 0 Å². The molecule has 5 heteroatoms. The summed E-state index contributed by atoms with van der Waals surface area (Å²) in [6.07, 6.45) is 1.94. The van der Waals surface area contributed by atoms with Gasteiger partial charge in [-0.15, -0.1) is 0 Å². The van der Waals surface area contributed by atoms with Crippen LogP contribution < -0.4 is 0 Å². The average Bonchev–Trinajstić information content (AvgIpc) is 3.05. The number of hydrogen-bond acceptors (Lipinski definition) is 4. The first-order valence-electron chi connectivity index (χ1n) is 9.28. The van der Waals surface area contributed by atoms with Gasteiger partial charge in [0.1, 0.15) is 0 Å². The molecular weight excluding hydrogens is 354 g/mol. The van der Waals surface area contributed by atoms with Crippen LogP contribution in [0.4, 0.5) is 0 Å². The van der Waals surface area contributed by atoms with Crippen LogP contribution in [0.25, 0.3) is 6.08 Å². The summed E-state index contributed by atoms with van der Waals surface area (Å²) in [4.78, 5) is 22.0. The highest BCUT2D eigenvalue weighted by molar-refractivity contribution is 8.18. The van der Waals surface area contributed by atoms with Gasteiger partial charge in [0, 0.05) is 32.7 Å². The van der Waals surface area contributed by atoms with Crippen molar-refractivity contribution in [3.8, 4) is 0 Å². The first-order chi connectivity index (χ1) is 13.2. The third-order valence-electron chi connectivity index (χ3n) is 4.88. The van der Waals surface area contributed by atoms with E-state index in [2.05, 4.69) is 64.2 Å². The number of rotatable bonds is 3. The van der Waals surface area contributed by atoms with E-state index in [1.165, 1.54) is 22.9 Å². The maximum atomic E-state index is 12.3. The molecule has 0 aliphatic carbocycles. The standard InChI is InChI=1S/C22H23N3OS/c1-17-7-9-18(10-8-17)15-20-21(26)23-22(27-20)25-13-11-24(12-14-25)16-19-5-3-2-4-6-19/h2-10,15H,11-14,16H2,1H3/b20-15-. The van der Waals surface area contributed by atoms with Crippen molar-refractivity contribution in [3.05, 3.63) is 76.2 Å². The number of aryl methyl sites for hydroxylation is 1. The normalized spacial score (nSPS) is 19.6. The van der Waals surface area contributed by atoms with E-state index in [0.29, 0.717) is 4.91 Å². The molecule has 0 bridgehead atoms. The Morgan fingerprint density at radius 2 is 1.70 bits per heavy atom. The molecule has 2 heterocycles. The summed E-state index contributed by atoms with van der Waals surface area (Å²) in [6, 6.07) is 18.8. The Labute approximate surface area is 164 Å². The highest BCUT2D eigenvalue weighted by Crippen LogP contribution is 2.30. The fourth-order valence-electron chi connectivity index (χ4n) is 3.29. The zero-order valence-electron chi connectivity index (χ0n) is 15.5. The summed E-state index contributed by atoms with van der Waals surface area (Å²) >= 11 is 1.50. The lowest BCUT2D eigenvalue weighted by Gasteiger charge is -2.35. The fraction of sp³-hybridized carbons (Fsp3) is 0.273. The number of amidine groups is 1. The molecule has 2 aliphatic rings. The van der Waals surface area contributed by atoms with Gasteiger partial charge in [-0.25, -0.2) is 0 Å². The van der Waals surface area contributed by atoms with Gasteiger partial charge in [-0.2, -0.15) is 4.99 Å². The fourth-order valence-corrected chi connectivity index (χ4v) is 4.25. The Balaban J connectivity index is 1.34. The summed E-state index contributed by atoms with van der Waals surface area (Å²) in [5.41, 5.74) is 3.60. The van der Waals surface area contributed by atoms with Crippen molar-refractivity contribution in [3.63, 3.8) is 0 Å². The van der Waals surface area contributed by atoms with Gasteiger partial charge >= 0.3 is 0 Å². The lowest BCUT2D eigenvalue weighted by molar-refractivity contribution is -0.113. The van der Waals surface area contributed by atoms with E-state index in [1.807, 2.05) is 18.2 Å². The number of carbonyl (C=O) groups excluding carboxylic acids is 1. The van der Waals surface area contributed by atoms with Crippen LogP contribution in [0.3, 0.4) is 0 Å². The topological polar surface area (TPSA) is 35.9 Å². The van der Waals surface area contributed by atoms with Crippen LogP contribution in [-0.2, 0) is 11.3 Å². The highest BCUT2D eigenvalue weighted by atomic mass is 32.2. The number of piperazine rings is 1. The van der Waals surface area contributed by atoms with Crippen LogP contribution in [-0.4, -0.2) is 47.1 Å². The van der Waals surface area contributed by atoms with Crippen molar-refractivity contribution in [2.45, 2.75) is 13.5 Å². The summed E-state index contributed by atoms with van der Waals surface area (Å²) in [5.74, 6) is -0.123. The maximum absolute atomic E-state index is 12.3. The largest absolute Gasteiger partial charge is 0.348 e. The number of aliphatic imine (C=N–C) groups is 1. The third kappa shape index (κ3) is 4.49. The number of thioether (sulfide) groups is 1. The molecule has 1 amide bonds. The van der Waals surface area contributed by atoms with Crippen molar-refractivity contribution in [1.82, 2.24) is 9.80 Å². The van der Waals surface area contributed by atoms with E-state index in [9.17, 15) is 4.79 Å². The van der Waals surface area contributed by atoms with Crippen LogP contribution in [0.5, 0.6) is 0 Å². The second-order valence-corrected chi connectivity index (χ2v) is 7.98. The highest BCUT2D eigenvalue weighted by Gasteiger charge is 2.28. The number of carbonyl (C=O) groups is 1. The molecule has 4 rings (SSSR count). The molecule has 0 atom stereocenters. The van der Waals surface area contributed by atoms with Gasteiger partial charge in [0.25, 0.3) is 5.91 Å². The van der Waals surface area contributed by atoms with Gasteiger partial charge in [-0.3, -0.25) is 9.69 Å².